The molecule has 0 aliphatic carbocycles. The molecule has 0 spiro atoms. The van der Waals surface area contributed by atoms with Crippen molar-refractivity contribution >= 4 is 27.2 Å². The normalized spacial score (nSPS) is 10.8. The predicted molar refractivity (Wildman–Crippen MR) is 80.8 cm³/mol. The topological polar surface area (TPSA) is 48.1 Å². The number of anilines is 1. The molecule has 0 aliphatic rings. The Morgan fingerprint density at radius 1 is 1.16 bits per heavy atom. The SMILES string of the molecule is COc1cc(N)ccc1-c1nc2cc(C)ccc2s1. The molecule has 0 aliphatic heterocycles. The van der Waals surface area contributed by atoms with Gasteiger partial charge in [0.05, 0.1) is 22.9 Å². The predicted octanol–water partition coefficient (Wildman–Crippen LogP) is 3.86. The van der Waals surface area contributed by atoms with Crippen molar-refractivity contribution in [2.24, 2.45) is 0 Å². The molecular formula is C15H14N2OS. The van der Waals surface area contributed by atoms with Gasteiger partial charge in [-0.15, -0.1) is 11.3 Å². The molecule has 3 rings (SSSR count). The number of nitrogens with two attached hydrogens (primary N) is 1. The van der Waals surface area contributed by atoms with Crippen molar-refractivity contribution in [3.63, 3.8) is 0 Å². The van der Waals surface area contributed by atoms with E-state index in [-0.39, 0.29) is 0 Å². The zero-order valence-corrected chi connectivity index (χ0v) is 11.6. The average molecular weight is 270 g/mol. The van der Waals surface area contributed by atoms with E-state index in [1.807, 2.05) is 18.2 Å². The van der Waals surface area contributed by atoms with Crippen LogP contribution in [0.3, 0.4) is 0 Å². The maximum atomic E-state index is 5.78. The Morgan fingerprint density at radius 3 is 2.79 bits per heavy atom. The van der Waals surface area contributed by atoms with E-state index >= 15 is 0 Å². The molecule has 0 atom stereocenters. The molecule has 3 nitrogen and oxygen atoms in total. The zero-order chi connectivity index (χ0) is 13.4. The summed E-state index contributed by atoms with van der Waals surface area (Å²) in [5.74, 6) is 0.760. The molecule has 0 radical (unpaired) electrons. The van der Waals surface area contributed by atoms with Crippen molar-refractivity contribution in [1.29, 1.82) is 0 Å². The average Bonchev–Trinajstić information content (AvgIpc) is 2.81. The van der Waals surface area contributed by atoms with Gasteiger partial charge in [-0.3, -0.25) is 0 Å². The number of hydrogen-bond donors (Lipinski definition) is 1. The van der Waals surface area contributed by atoms with Crippen molar-refractivity contribution in [2.75, 3.05) is 12.8 Å². The lowest BCUT2D eigenvalue weighted by Crippen LogP contribution is -1.90. The first-order valence-corrected chi connectivity index (χ1v) is 6.80. The number of ether oxygens (including phenoxy) is 1. The van der Waals surface area contributed by atoms with Crippen LogP contribution in [0.2, 0.25) is 0 Å². The molecule has 1 aromatic heterocycles. The quantitative estimate of drug-likeness (QED) is 0.719. The number of methoxy groups -OCH3 is 1. The maximum Gasteiger partial charge on any atom is 0.131 e. The summed E-state index contributed by atoms with van der Waals surface area (Å²) in [7, 11) is 1.65. The Bertz CT molecular complexity index is 749. The Hall–Kier alpha value is -2.07. The fourth-order valence-corrected chi connectivity index (χ4v) is 3.01. The lowest BCUT2D eigenvalue weighted by atomic mass is 10.2. The van der Waals surface area contributed by atoms with E-state index in [1.54, 1.807) is 18.4 Å². The van der Waals surface area contributed by atoms with Crippen molar-refractivity contribution in [2.45, 2.75) is 6.92 Å². The van der Waals surface area contributed by atoms with Gasteiger partial charge < -0.3 is 10.5 Å². The number of fused-ring (bicyclic) bond motifs is 1. The molecule has 0 unspecified atom stereocenters. The Morgan fingerprint density at radius 2 is 2.00 bits per heavy atom. The second kappa shape index (κ2) is 4.55. The third kappa shape index (κ3) is 2.15. The van der Waals surface area contributed by atoms with Crippen LogP contribution in [0.4, 0.5) is 5.69 Å². The van der Waals surface area contributed by atoms with E-state index in [9.17, 15) is 0 Å². The first-order chi connectivity index (χ1) is 9.17. The number of nitrogens with zero attached hydrogens (tertiary/aromatic N) is 1. The van der Waals surface area contributed by atoms with Crippen LogP contribution in [0.25, 0.3) is 20.8 Å². The first kappa shape index (κ1) is 12.0. The highest BCUT2D eigenvalue weighted by Gasteiger charge is 2.11. The Labute approximate surface area is 115 Å². The van der Waals surface area contributed by atoms with E-state index in [2.05, 4.69) is 30.1 Å². The number of thiazole rings is 1. The first-order valence-electron chi connectivity index (χ1n) is 5.98. The minimum atomic E-state index is 0.692. The van der Waals surface area contributed by atoms with Crippen molar-refractivity contribution in [1.82, 2.24) is 4.98 Å². The van der Waals surface area contributed by atoms with E-state index in [0.29, 0.717) is 5.69 Å². The molecule has 0 fully saturated rings. The largest absolute Gasteiger partial charge is 0.496 e. The third-order valence-electron chi connectivity index (χ3n) is 3.00. The van der Waals surface area contributed by atoms with Crippen LogP contribution in [-0.2, 0) is 0 Å². The number of nitrogen functional groups attached to an aromatic ring is 1. The van der Waals surface area contributed by atoms with Crippen LogP contribution >= 0.6 is 11.3 Å². The maximum absolute atomic E-state index is 5.78. The molecule has 1 heterocycles. The number of benzene rings is 2. The standard InChI is InChI=1S/C15H14N2OS/c1-9-3-6-14-12(7-9)17-15(19-14)11-5-4-10(16)8-13(11)18-2/h3-8H,16H2,1-2H3. The monoisotopic (exact) mass is 270 g/mol. The highest BCUT2D eigenvalue weighted by atomic mass is 32.1. The molecule has 0 bridgehead atoms. The fourth-order valence-electron chi connectivity index (χ4n) is 2.04. The van der Waals surface area contributed by atoms with Gasteiger partial charge in [0, 0.05) is 11.8 Å². The second-order valence-electron chi connectivity index (χ2n) is 4.45. The van der Waals surface area contributed by atoms with Gasteiger partial charge >= 0.3 is 0 Å². The summed E-state index contributed by atoms with van der Waals surface area (Å²) in [6, 6.07) is 12.0. The van der Waals surface area contributed by atoms with Gasteiger partial charge in [0.15, 0.2) is 0 Å². The molecule has 96 valence electrons. The van der Waals surface area contributed by atoms with Crippen molar-refractivity contribution in [3.8, 4) is 16.3 Å². The lowest BCUT2D eigenvalue weighted by Gasteiger charge is -2.06. The highest BCUT2D eigenvalue weighted by molar-refractivity contribution is 7.21. The molecule has 0 amide bonds. The summed E-state index contributed by atoms with van der Waals surface area (Å²) in [4.78, 5) is 4.68. The summed E-state index contributed by atoms with van der Waals surface area (Å²) in [5, 5.41) is 0.956. The van der Waals surface area contributed by atoms with Gasteiger partial charge in [0.1, 0.15) is 10.8 Å². The molecule has 2 N–H and O–H groups in total. The van der Waals surface area contributed by atoms with Gasteiger partial charge in [0.2, 0.25) is 0 Å². The van der Waals surface area contributed by atoms with Crippen molar-refractivity contribution < 1.29 is 4.74 Å². The Kier molecular flexibility index (Phi) is 2.87. The van der Waals surface area contributed by atoms with Crippen LogP contribution in [0.1, 0.15) is 5.56 Å². The van der Waals surface area contributed by atoms with Gasteiger partial charge in [-0.25, -0.2) is 4.98 Å². The number of aromatic nitrogens is 1. The molecule has 0 saturated carbocycles. The van der Waals surface area contributed by atoms with Gasteiger partial charge in [-0.1, -0.05) is 6.07 Å². The zero-order valence-electron chi connectivity index (χ0n) is 10.8. The molecular weight excluding hydrogens is 256 g/mol. The molecule has 0 saturated heterocycles. The minimum Gasteiger partial charge on any atom is -0.496 e. The van der Waals surface area contributed by atoms with Gasteiger partial charge in [-0.05, 0) is 36.8 Å². The number of hydrogen-bond acceptors (Lipinski definition) is 4. The van der Waals surface area contributed by atoms with Crippen LogP contribution in [0.5, 0.6) is 5.75 Å². The highest BCUT2D eigenvalue weighted by Crippen LogP contribution is 2.36. The third-order valence-corrected chi connectivity index (χ3v) is 4.07. The van der Waals surface area contributed by atoms with Gasteiger partial charge in [-0.2, -0.15) is 0 Å². The van der Waals surface area contributed by atoms with Crippen LogP contribution < -0.4 is 10.5 Å². The van der Waals surface area contributed by atoms with E-state index < -0.39 is 0 Å². The van der Waals surface area contributed by atoms with Crippen LogP contribution in [-0.4, -0.2) is 12.1 Å². The molecule has 3 aromatic rings. The summed E-state index contributed by atoms with van der Waals surface area (Å²) >= 11 is 1.66. The number of rotatable bonds is 2. The molecule has 4 heteroatoms. The second-order valence-corrected chi connectivity index (χ2v) is 5.48. The number of aryl methyl sites for hydroxylation is 1. The summed E-state index contributed by atoms with van der Waals surface area (Å²) in [6.45, 7) is 2.07. The molecule has 19 heavy (non-hydrogen) atoms. The van der Waals surface area contributed by atoms with Crippen LogP contribution in [0, 0.1) is 6.92 Å². The summed E-state index contributed by atoms with van der Waals surface area (Å²) < 4.78 is 6.57. The fraction of sp³-hybridized carbons (Fsp3) is 0.133. The summed E-state index contributed by atoms with van der Waals surface area (Å²) in [6.07, 6.45) is 0. The Balaban J connectivity index is 2.18. The van der Waals surface area contributed by atoms with Gasteiger partial charge in [0.25, 0.3) is 0 Å². The lowest BCUT2D eigenvalue weighted by molar-refractivity contribution is 0.416. The molecule has 2 aromatic carbocycles. The van der Waals surface area contributed by atoms with E-state index in [4.69, 9.17) is 10.5 Å². The van der Waals surface area contributed by atoms with E-state index in [0.717, 1.165) is 21.8 Å². The van der Waals surface area contributed by atoms with Crippen LogP contribution in [0.15, 0.2) is 36.4 Å². The smallest absolute Gasteiger partial charge is 0.131 e. The summed E-state index contributed by atoms with van der Waals surface area (Å²) in [5.41, 5.74) is 9.70. The minimum absolute atomic E-state index is 0.692. The van der Waals surface area contributed by atoms with Crippen molar-refractivity contribution in [3.05, 3.63) is 42.0 Å². The van der Waals surface area contributed by atoms with E-state index in [1.165, 1.54) is 10.3 Å².